The molecule has 106 valence electrons. The molecule has 1 fully saturated rings. The molecule has 1 aliphatic heterocycles. The van der Waals surface area contributed by atoms with Crippen LogP contribution in [0.15, 0.2) is 46.3 Å². The Kier molecular flexibility index (Phi) is 4.56. The second kappa shape index (κ2) is 6.39. The van der Waals surface area contributed by atoms with E-state index < -0.39 is 0 Å². The predicted octanol–water partition coefficient (Wildman–Crippen LogP) is 4.00. The average Bonchev–Trinajstić information content (AvgIpc) is 3.11. The quantitative estimate of drug-likeness (QED) is 0.902. The smallest absolute Gasteiger partial charge is 0.0702 e. The minimum atomic E-state index is 0.361. The van der Waals surface area contributed by atoms with E-state index in [4.69, 9.17) is 5.73 Å². The van der Waals surface area contributed by atoms with E-state index in [0.717, 1.165) is 13.1 Å². The van der Waals surface area contributed by atoms with Crippen LogP contribution in [0.2, 0.25) is 0 Å². The number of nitrogens with zero attached hydrogens (tertiary/aromatic N) is 1. The number of hydrogen-bond acceptors (Lipinski definition) is 3. The second-order valence-corrected chi connectivity index (χ2v) is 7.78. The maximum atomic E-state index is 6.03. The zero-order chi connectivity index (χ0) is 13.9. The number of nitrogens with two attached hydrogens (primary N) is 1. The largest absolute Gasteiger partial charge is 0.329 e. The summed E-state index contributed by atoms with van der Waals surface area (Å²) in [6, 6.07) is 15.5. The van der Waals surface area contributed by atoms with Gasteiger partial charge in [0, 0.05) is 18.0 Å². The molecule has 0 radical (unpaired) electrons. The van der Waals surface area contributed by atoms with Crippen LogP contribution in [0, 0.1) is 0 Å². The highest BCUT2D eigenvalue weighted by molar-refractivity contribution is 9.11. The SMILES string of the molecule is NCC(c1ccc(Br)s1)N1CCC(c2ccccc2)C1. The Morgan fingerprint density at radius 2 is 2.05 bits per heavy atom. The number of hydrogen-bond donors (Lipinski definition) is 1. The molecule has 0 spiro atoms. The maximum absolute atomic E-state index is 6.03. The first-order valence-electron chi connectivity index (χ1n) is 7.02. The molecule has 4 heteroatoms. The molecular weight excluding hydrogens is 332 g/mol. The lowest BCUT2D eigenvalue weighted by Crippen LogP contribution is -2.31. The first kappa shape index (κ1) is 14.3. The third-order valence-corrected chi connectivity index (χ3v) is 5.80. The minimum Gasteiger partial charge on any atom is -0.329 e. The van der Waals surface area contributed by atoms with Crippen LogP contribution >= 0.6 is 27.3 Å². The summed E-state index contributed by atoms with van der Waals surface area (Å²) < 4.78 is 1.18. The molecule has 2 nitrogen and oxygen atoms in total. The average molecular weight is 351 g/mol. The highest BCUT2D eigenvalue weighted by Crippen LogP contribution is 2.36. The normalized spacial score (nSPS) is 21.2. The molecule has 20 heavy (non-hydrogen) atoms. The lowest BCUT2D eigenvalue weighted by molar-refractivity contribution is 0.251. The van der Waals surface area contributed by atoms with Gasteiger partial charge in [-0.1, -0.05) is 30.3 Å². The van der Waals surface area contributed by atoms with Gasteiger partial charge in [-0.25, -0.2) is 0 Å². The third-order valence-electron chi connectivity index (χ3n) is 4.08. The van der Waals surface area contributed by atoms with Crippen molar-refractivity contribution in [2.24, 2.45) is 5.73 Å². The van der Waals surface area contributed by atoms with Gasteiger partial charge in [0.1, 0.15) is 0 Å². The molecule has 0 amide bonds. The van der Waals surface area contributed by atoms with Gasteiger partial charge in [0.2, 0.25) is 0 Å². The summed E-state index contributed by atoms with van der Waals surface area (Å²) >= 11 is 5.35. The Morgan fingerprint density at radius 3 is 2.70 bits per heavy atom. The molecule has 0 bridgehead atoms. The Bertz CT molecular complexity index is 555. The van der Waals surface area contributed by atoms with Gasteiger partial charge in [-0.2, -0.15) is 0 Å². The van der Waals surface area contributed by atoms with E-state index in [0.29, 0.717) is 18.5 Å². The summed E-state index contributed by atoms with van der Waals surface area (Å²) in [6.07, 6.45) is 1.23. The van der Waals surface area contributed by atoms with Gasteiger partial charge in [-0.05, 0) is 52.5 Å². The molecule has 2 unspecified atom stereocenters. The van der Waals surface area contributed by atoms with Gasteiger partial charge in [0.05, 0.1) is 9.83 Å². The van der Waals surface area contributed by atoms with Crippen LogP contribution in [0.4, 0.5) is 0 Å². The summed E-state index contributed by atoms with van der Waals surface area (Å²) in [6.45, 7) is 2.94. The number of rotatable bonds is 4. The van der Waals surface area contributed by atoms with Gasteiger partial charge in [-0.3, -0.25) is 4.90 Å². The molecule has 2 N–H and O–H groups in total. The van der Waals surface area contributed by atoms with E-state index in [1.807, 2.05) is 0 Å². The van der Waals surface area contributed by atoms with Crippen molar-refractivity contribution in [3.8, 4) is 0 Å². The lowest BCUT2D eigenvalue weighted by atomic mass is 9.99. The highest BCUT2D eigenvalue weighted by Gasteiger charge is 2.29. The molecule has 1 aromatic heterocycles. The van der Waals surface area contributed by atoms with Crippen LogP contribution in [-0.2, 0) is 0 Å². The van der Waals surface area contributed by atoms with Crippen LogP contribution < -0.4 is 5.73 Å². The number of halogens is 1. The van der Waals surface area contributed by atoms with Crippen LogP contribution in [0.1, 0.15) is 28.8 Å². The molecule has 3 rings (SSSR count). The van der Waals surface area contributed by atoms with Gasteiger partial charge in [0.15, 0.2) is 0 Å². The molecule has 2 heterocycles. The Balaban J connectivity index is 1.72. The number of thiophene rings is 1. The van der Waals surface area contributed by atoms with Crippen LogP contribution in [-0.4, -0.2) is 24.5 Å². The van der Waals surface area contributed by atoms with Crippen molar-refractivity contribution in [1.82, 2.24) is 4.90 Å². The molecule has 0 aliphatic carbocycles. The fourth-order valence-electron chi connectivity index (χ4n) is 3.02. The maximum Gasteiger partial charge on any atom is 0.0702 e. The van der Waals surface area contributed by atoms with E-state index in [-0.39, 0.29) is 0 Å². The van der Waals surface area contributed by atoms with Gasteiger partial charge < -0.3 is 5.73 Å². The molecule has 2 atom stereocenters. The van der Waals surface area contributed by atoms with Gasteiger partial charge in [0.25, 0.3) is 0 Å². The van der Waals surface area contributed by atoms with E-state index in [1.54, 1.807) is 11.3 Å². The highest BCUT2D eigenvalue weighted by atomic mass is 79.9. The summed E-state index contributed by atoms with van der Waals surface area (Å²) in [5.74, 6) is 0.647. The zero-order valence-corrected chi connectivity index (χ0v) is 13.7. The van der Waals surface area contributed by atoms with Crippen molar-refractivity contribution in [2.75, 3.05) is 19.6 Å². The first-order chi connectivity index (χ1) is 9.78. The predicted molar refractivity (Wildman–Crippen MR) is 89.2 cm³/mol. The van der Waals surface area contributed by atoms with Crippen molar-refractivity contribution in [3.63, 3.8) is 0 Å². The van der Waals surface area contributed by atoms with Crippen molar-refractivity contribution in [3.05, 3.63) is 56.7 Å². The lowest BCUT2D eigenvalue weighted by Gasteiger charge is -2.25. The van der Waals surface area contributed by atoms with Crippen molar-refractivity contribution < 1.29 is 0 Å². The zero-order valence-electron chi connectivity index (χ0n) is 11.3. The summed E-state index contributed by atoms with van der Waals surface area (Å²) in [5.41, 5.74) is 7.48. The molecule has 1 aromatic carbocycles. The molecular formula is C16H19BrN2S. The standard InChI is InChI=1S/C16H19BrN2S/c17-16-7-6-15(20-16)14(10-18)19-9-8-13(11-19)12-4-2-1-3-5-12/h1-7,13-14H,8-11,18H2. The van der Waals surface area contributed by atoms with Crippen LogP contribution in [0.25, 0.3) is 0 Å². The Hall–Kier alpha value is -0.680. The Labute approximate surface area is 132 Å². The van der Waals surface area contributed by atoms with E-state index >= 15 is 0 Å². The fourth-order valence-corrected chi connectivity index (χ4v) is 4.59. The van der Waals surface area contributed by atoms with E-state index in [1.165, 1.54) is 20.6 Å². The summed E-state index contributed by atoms with van der Waals surface area (Å²) in [4.78, 5) is 3.91. The Morgan fingerprint density at radius 1 is 1.25 bits per heavy atom. The van der Waals surface area contributed by atoms with Crippen LogP contribution in [0.3, 0.4) is 0 Å². The van der Waals surface area contributed by atoms with Crippen molar-refractivity contribution in [2.45, 2.75) is 18.4 Å². The topological polar surface area (TPSA) is 29.3 Å². The monoisotopic (exact) mass is 350 g/mol. The second-order valence-electron chi connectivity index (χ2n) is 5.28. The molecule has 1 aliphatic rings. The number of benzene rings is 1. The van der Waals surface area contributed by atoms with Crippen molar-refractivity contribution >= 4 is 27.3 Å². The van der Waals surface area contributed by atoms with Crippen LogP contribution in [0.5, 0.6) is 0 Å². The van der Waals surface area contributed by atoms with Gasteiger partial charge >= 0.3 is 0 Å². The molecule has 0 saturated carbocycles. The van der Waals surface area contributed by atoms with E-state index in [2.05, 4.69) is 63.3 Å². The van der Waals surface area contributed by atoms with E-state index in [9.17, 15) is 0 Å². The third kappa shape index (κ3) is 2.98. The molecule has 2 aromatic rings. The van der Waals surface area contributed by atoms with Crippen molar-refractivity contribution in [1.29, 1.82) is 0 Å². The summed E-state index contributed by atoms with van der Waals surface area (Å²) in [5, 5.41) is 0. The molecule has 1 saturated heterocycles. The summed E-state index contributed by atoms with van der Waals surface area (Å²) in [7, 11) is 0. The number of likely N-dealkylation sites (tertiary alicyclic amines) is 1. The minimum absolute atomic E-state index is 0.361. The first-order valence-corrected chi connectivity index (χ1v) is 8.63. The fraction of sp³-hybridized carbons (Fsp3) is 0.375. The van der Waals surface area contributed by atoms with Gasteiger partial charge in [-0.15, -0.1) is 11.3 Å².